The van der Waals surface area contributed by atoms with Gasteiger partial charge in [-0.1, -0.05) is 17.7 Å². The van der Waals surface area contributed by atoms with Crippen molar-refractivity contribution in [3.63, 3.8) is 0 Å². The van der Waals surface area contributed by atoms with Gasteiger partial charge >= 0.3 is 12.2 Å². The third kappa shape index (κ3) is 4.35. The summed E-state index contributed by atoms with van der Waals surface area (Å²) in [6.07, 6.45) is -4.63. The second-order valence-electron chi connectivity index (χ2n) is 4.73. The van der Waals surface area contributed by atoms with Gasteiger partial charge in [0.2, 0.25) is 0 Å². The maximum absolute atomic E-state index is 13.6. The molecule has 0 aliphatic carbocycles. The molecule has 122 valence electrons. The van der Waals surface area contributed by atoms with Crippen LogP contribution in [0.3, 0.4) is 0 Å². The Kier molecular flexibility index (Phi) is 4.79. The standard InChI is InChI=1S/C15H11ClF4N2O/c1-8-2-4-10(16)7-12(8)21-14(23)22-13-6-9(15(18,19)20)3-5-11(13)17/h2-7H,1H3,(H2,21,22,23). The van der Waals surface area contributed by atoms with E-state index in [9.17, 15) is 22.4 Å². The minimum atomic E-state index is -4.63. The zero-order chi connectivity index (χ0) is 17.2. The van der Waals surface area contributed by atoms with Gasteiger partial charge in [-0.3, -0.25) is 0 Å². The summed E-state index contributed by atoms with van der Waals surface area (Å²) in [7, 11) is 0. The van der Waals surface area contributed by atoms with Crippen LogP contribution in [0.15, 0.2) is 36.4 Å². The van der Waals surface area contributed by atoms with E-state index in [1.165, 1.54) is 6.07 Å². The zero-order valence-corrected chi connectivity index (χ0v) is 12.5. The number of aryl methyl sites for hydroxylation is 1. The van der Waals surface area contributed by atoms with Crippen LogP contribution >= 0.6 is 11.6 Å². The van der Waals surface area contributed by atoms with Crippen molar-refractivity contribution in [1.82, 2.24) is 0 Å². The topological polar surface area (TPSA) is 41.1 Å². The minimum absolute atomic E-state index is 0.363. The molecule has 2 rings (SSSR count). The highest BCUT2D eigenvalue weighted by Gasteiger charge is 2.31. The van der Waals surface area contributed by atoms with Crippen LogP contribution < -0.4 is 10.6 Å². The Bertz CT molecular complexity index is 747. The number of rotatable bonds is 2. The van der Waals surface area contributed by atoms with Crippen LogP contribution in [0.25, 0.3) is 0 Å². The summed E-state index contributed by atoms with van der Waals surface area (Å²) < 4.78 is 51.4. The lowest BCUT2D eigenvalue weighted by atomic mass is 10.2. The van der Waals surface area contributed by atoms with Crippen LogP contribution in [0.4, 0.5) is 33.7 Å². The molecule has 0 saturated carbocycles. The number of anilines is 2. The van der Waals surface area contributed by atoms with Gasteiger partial charge in [0.15, 0.2) is 0 Å². The first-order valence-electron chi connectivity index (χ1n) is 6.38. The maximum atomic E-state index is 13.6. The molecular weight excluding hydrogens is 336 g/mol. The molecule has 2 aromatic carbocycles. The van der Waals surface area contributed by atoms with Crippen molar-refractivity contribution < 1.29 is 22.4 Å². The predicted octanol–water partition coefficient (Wildman–Crippen LogP) is 5.45. The number of benzene rings is 2. The number of hydrogen-bond acceptors (Lipinski definition) is 1. The molecule has 2 amide bonds. The lowest BCUT2D eigenvalue weighted by Crippen LogP contribution is -2.21. The average Bonchev–Trinajstić information content (AvgIpc) is 2.44. The summed E-state index contributed by atoms with van der Waals surface area (Å²) in [6.45, 7) is 1.71. The molecule has 0 unspecified atom stereocenters. The van der Waals surface area contributed by atoms with E-state index in [0.717, 1.165) is 0 Å². The molecular formula is C15H11ClF4N2O. The van der Waals surface area contributed by atoms with Gasteiger partial charge in [-0.05, 0) is 42.8 Å². The number of carbonyl (C=O) groups excluding carboxylic acids is 1. The SMILES string of the molecule is Cc1ccc(Cl)cc1NC(=O)Nc1cc(C(F)(F)F)ccc1F. The van der Waals surface area contributed by atoms with Crippen LogP contribution in [0.2, 0.25) is 5.02 Å². The summed E-state index contributed by atoms with van der Waals surface area (Å²) in [5.74, 6) is -0.976. The van der Waals surface area contributed by atoms with E-state index in [-0.39, 0.29) is 0 Å². The van der Waals surface area contributed by atoms with Crippen molar-refractivity contribution >= 4 is 29.0 Å². The van der Waals surface area contributed by atoms with Gasteiger partial charge < -0.3 is 10.6 Å². The quantitative estimate of drug-likeness (QED) is 0.697. The molecule has 0 atom stereocenters. The van der Waals surface area contributed by atoms with E-state index in [2.05, 4.69) is 5.32 Å². The van der Waals surface area contributed by atoms with E-state index in [1.54, 1.807) is 19.1 Å². The maximum Gasteiger partial charge on any atom is 0.416 e. The smallest absolute Gasteiger partial charge is 0.307 e. The Morgan fingerprint density at radius 2 is 1.70 bits per heavy atom. The van der Waals surface area contributed by atoms with Gasteiger partial charge in [-0.25, -0.2) is 9.18 Å². The molecule has 3 nitrogen and oxygen atoms in total. The Morgan fingerprint density at radius 1 is 1.04 bits per heavy atom. The van der Waals surface area contributed by atoms with Crippen LogP contribution in [0, 0.1) is 12.7 Å². The van der Waals surface area contributed by atoms with E-state index < -0.39 is 29.3 Å². The van der Waals surface area contributed by atoms with Crippen LogP contribution in [-0.2, 0) is 6.18 Å². The van der Waals surface area contributed by atoms with E-state index >= 15 is 0 Å². The van der Waals surface area contributed by atoms with Crippen molar-refractivity contribution in [3.8, 4) is 0 Å². The molecule has 0 heterocycles. The van der Waals surface area contributed by atoms with Crippen molar-refractivity contribution in [1.29, 1.82) is 0 Å². The number of amides is 2. The van der Waals surface area contributed by atoms with Gasteiger partial charge in [0.05, 0.1) is 11.3 Å². The Balaban J connectivity index is 2.18. The molecule has 0 aliphatic rings. The Hall–Kier alpha value is -2.28. The predicted molar refractivity (Wildman–Crippen MR) is 80.2 cm³/mol. The summed E-state index contributed by atoms with van der Waals surface area (Å²) in [5, 5.41) is 4.82. The number of hydrogen-bond donors (Lipinski definition) is 2. The summed E-state index contributed by atoms with van der Waals surface area (Å²) in [6, 6.07) is 5.63. The first-order valence-corrected chi connectivity index (χ1v) is 6.75. The normalized spacial score (nSPS) is 11.2. The molecule has 0 aliphatic heterocycles. The van der Waals surface area contributed by atoms with Crippen LogP contribution in [0.1, 0.15) is 11.1 Å². The average molecular weight is 347 g/mol. The highest BCUT2D eigenvalue weighted by molar-refractivity contribution is 6.31. The molecule has 0 fully saturated rings. The molecule has 2 N–H and O–H groups in total. The number of halogens is 5. The molecule has 2 aromatic rings. The molecule has 0 bridgehead atoms. The second kappa shape index (κ2) is 6.45. The number of nitrogens with one attached hydrogen (secondary N) is 2. The fourth-order valence-corrected chi connectivity index (χ4v) is 1.97. The second-order valence-corrected chi connectivity index (χ2v) is 5.17. The highest BCUT2D eigenvalue weighted by Crippen LogP contribution is 2.32. The van der Waals surface area contributed by atoms with E-state index in [1.807, 2.05) is 5.32 Å². The monoisotopic (exact) mass is 346 g/mol. The molecule has 0 saturated heterocycles. The third-order valence-electron chi connectivity index (χ3n) is 2.99. The van der Waals surface area contributed by atoms with E-state index in [0.29, 0.717) is 34.5 Å². The fraction of sp³-hybridized carbons (Fsp3) is 0.133. The third-order valence-corrected chi connectivity index (χ3v) is 3.22. The number of alkyl halides is 3. The summed E-state index contributed by atoms with van der Waals surface area (Å²) >= 11 is 5.80. The van der Waals surface area contributed by atoms with Crippen molar-refractivity contribution in [2.45, 2.75) is 13.1 Å². The van der Waals surface area contributed by atoms with Crippen molar-refractivity contribution in [2.24, 2.45) is 0 Å². The zero-order valence-electron chi connectivity index (χ0n) is 11.8. The van der Waals surface area contributed by atoms with Crippen molar-refractivity contribution in [2.75, 3.05) is 10.6 Å². The van der Waals surface area contributed by atoms with Crippen LogP contribution in [-0.4, -0.2) is 6.03 Å². The summed E-state index contributed by atoms with van der Waals surface area (Å²) in [4.78, 5) is 11.8. The summed E-state index contributed by atoms with van der Waals surface area (Å²) in [5.41, 5.74) is -0.582. The fourth-order valence-electron chi connectivity index (χ4n) is 1.80. The largest absolute Gasteiger partial charge is 0.416 e. The first kappa shape index (κ1) is 17.1. The number of urea groups is 1. The molecule has 0 radical (unpaired) electrons. The van der Waals surface area contributed by atoms with Crippen LogP contribution in [0.5, 0.6) is 0 Å². The van der Waals surface area contributed by atoms with Gasteiger partial charge in [0, 0.05) is 10.7 Å². The van der Waals surface area contributed by atoms with Gasteiger partial charge in [0.25, 0.3) is 0 Å². The lowest BCUT2D eigenvalue weighted by Gasteiger charge is -2.13. The first-order chi connectivity index (χ1) is 10.7. The highest BCUT2D eigenvalue weighted by atomic mass is 35.5. The van der Waals surface area contributed by atoms with Gasteiger partial charge in [0.1, 0.15) is 5.82 Å². The molecule has 23 heavy (non-hydrogen) atoms. The number of carbonyl (C=O) groups is 1. The van der Waals surface area contributed by atoms with E-state index in [4.69, 9.17) is 11.6 Å². The molecule has 0 aromatic heterocycles. The van der Waals surface area contributed by atoms with Gasteiger partial charge in [-0.15, -0.1) is 0 Å². The Morgan fingerprint density at radius 3 is 2.35 bits per heavy atom. The van der Waals surface area contributed by atoms with Gasteiger partial charge in [-0.2, -0.15) is 13.2 Å². The molecule has 8 heteroatoms. The molecule has 0 spiro atoms. The van der Waals surface area contributed by atoms with Crippen molar-refractivity contribution in [3.05, 3.63) is 58.4 Å². The minimum Gasteiger partial charge on any atom is -0.307 e. The Labute approximate surface area is 134 Å². The lowest BCUT2D eigenvalue weighted by molar-refractivity contribution is -0.137.